The fraction of sp³-hybridized carbons (Fsp3) is 0.280. The van der Waals surface area contributed by atoms with E-state index in [-0.39, 0.29) is 11.3 Å². The Labute approximate surface area is 170 Å². The number of carbonyl (C=O) groups is 1. The monoisotopic (exact) mass is 386 g/mol. The van der Waals surface area contributed by atoms with Crippen LogP contribution in [0.15, 0.2) is 54.6 Å². The van der Waals surface area contributed by atoms with Gasteiger partial charge in [-0.1, -0.05) is 42.7 Å². The second-order valence-corrected chi connectivity index (χ2v) is 8.11. The average molecular weight is 386 g/mol. The predicted molar refractivity (Wildman–Crippen MR) is 113 cm³/mol. The van der Waals surface area contributed by atoms with Crippen LogP contribution in [-0.2, 0) is 10.2 Å². The van der Waals surface area contributed by atoms with Crippen LogP contribution in [0.4, 0.5) is 0 Å². The number of hydrogen-bond acceptors (Lipinski definition) is 3. The third kappa shape index (κ3) is 3.48. The van der Waals surface area contributed by atoms with Gasteiger partial charge in [-0.15, -0.1) is 0 Å². The van der Waals surface area contributed by atoms with Gasteiger partial charge in [0.1, 0.15) is 5.75 Å². The molecule has 0 unspecified atom stereocenters. The Morgan fingerprint density at radius 2 is 1.72 bits per heavy atom. The molecule has 0 atom stereocenters. The van der Waals surface area contributed by atoms with E-state index < -0.39 is 0 Å². The molecule has 0 spiro atoms. The number of fused-ring (bicyclic) bond motifs is 2. The van der Waals surface area contributed by atoms with Crippen LogP contribution >= 0.6 is 0 Å². The van der Waals surface area contributed by atoms with E-state index in [4.69, 9.17) is 4.74 Å². The van der Waals surface area contributed by atoms with Crippen LogP contribution in [0.2, 0.25) is 0 Å². The molecule has 0 radical (unpaired) electrons. The number of carbonyl (C=O) groups excluding carboxylic acids is 2. The van der Waals surface area contributed by atoms with E-state index in [2.05, 4.69) is 44.2 Å². The van der Waals surface area contributed by atoms with Crippen LogP contribution < -0.4 is 4.74 Å². The van der Waals surface area contributed by atoms with Crippen molar-refractivity contribution in [2.75, 3.05) is 13.2 Å². The molecule has 1 aliphatic rings. The first-order chi connectivity index (χ1) is 13.9. The summed E-state index contributed by atoms with van der Waals surface area (Å²) in [6.07, 6.45) is 2.69. The molecule has 0 bridgehead atoms. The minimum atomic E-state index is -0.328. The van der Waals surface area contributed by atoms with Gasteiger partial charge in [-0.25, -0.2) is 4.79 Å². The minimum absolute atomic E-state index is 0.0937. The molecule has 3 aromatic carbocycles. The van der Waals surface area contributed by atoms with Crippen molar-refractivity contribution in [3.8, 4) is 16.9 Å². The third-order valence-corrected chi connectivity index (χ3v) is 5.79. The van der Waals surface area contributed by atoms with E-state index in [1.165, 1.54) is 5.56 Å². The van der Waals surface area contributed by atoms with Gasteiger partial charge in [0, 0.05) is 5.56 Å². The van der Waals surface area contributed by atoms with E-state index >= 15 is 0 Å². The first-order valence-corrected chi connectivity index (χ1v) is 9.94. The number of hydrogen-bond donors (Lipinski definition) is 0. The Kier molecular flexibility index (Phi) is 4.81. The van der Waals surface area contributed by atoms with Crippen LogP contribution in [0, 0.1) is 0 Å². The number of nitrogens with zero attached hydrogens (tertiary/aromatic N) is 1. The van der Waals surface area contributed by atoms with Crippen LogP contribution in [-0.4, -0.2) is 29.7 Å². The molecule has 4 heteroatoms. The molecule has 29 heavy (non-hydrogen) atoms. The van der Waals surface area contributed by atoms with Crippen molar-refractivity contribution in [1.29, 1.82) is 0 Å². The van der Waals surface area contributed by atoms with Gasteiger partial charge in [-0.2, -0.15) is 4.79 Å². The second-order valence-electron chi connectivity index (χ2n) is 8.11. The highest BCUT2D eigenvalue weighted by molar-refractivity contribution is 5.96. The van der Waals surface area contributed by atoms with Crippen molar-refractivity contribution in [2.24, 2.45) is 0 Å². The Morgan fingerprint density at radius 3 is 2.48 bits per heavy atom. The molecule has 1 aliphatic heterocycles. The van der Waals surface area contributed by atoms with Gasteiger partial charge in [0.15, 0.2) is 6.54 Å². The average Bonchev–Trinajstić information content (AvgIpc) is 2.73. The summed E-state index contributed by atoms with van der Waals surface area (Å²) in [4.78, 5) is 23.3. The fourth-order valence-corrected chi connectivity index (χ4v) is 3.88. The zero-order valence-corrected chi connectivity index (χ0v) is 17.0. The summed E-state index contributed by atoms with van der Waals surface area (Å²) in [5.74, 6) is 0.645. The Morgan fingerprint density at radius 1 is 1.03 bits per heavy atom. The topological polar surface area (TPSA) is 46.4 Å². The summed E-state index contributed by atoms with van der Waals surface area (Å²) in [6, 6.07) is 18.1. The van der Waals surface area contributed by atoms with E-state index in [0.717, 1.165) is 45.3 Å². The van der Waals surface area contributed by atoms with Crippen molar-refractivity contribution in [3.63, 3.8) is 0 Å². The highest BCUT2D eigenvalue weighted by Gasteiger charge is 2.29. The Hall–Kier alpha value is -3.23. The predicted octanol–water partition coefficient (Wildman–Crippen LogP) is 5.08. The summed E-state index contributed by atoms with van der Waals surface area (Å²) in [5.41, 5.74) is 4.10. The van der Waals surface area contributed by atoms with E-state index in [9.17, 15) is 9.59 Å². The van der Waals surface area contributed by atoms with Crippen molar-refractivity contribution in [3.05, 3.63) is 65.7 Å². The molecule has 0 fully saturated rings. The molecule has 1 heterocycles. The van der Waals surface area contributed by atoms with Crippen molar-refractivity contribution < 1.29 is 18.9 Å². The van der Waals surface area contributed by atoms with Crippen molar-refractivity contribution in [1.82, 2.24) is 0 Å². The highest BCUT2D eigenvalue weighted by Crippen LogP contribution is 2.40. The molecule has 0 aliphatic carbocycles. The Bertz CT molecular complexity index is 1170. The van der Waals surface area contributed by atoms with Crippen LogP contribution in [0.5, 0.6) is 5.75 Å². The smallest absolute Gasteiger partial charge is 0.433 e. The maximum Gasteiger partial charge on any atom is 0.433 e. The molecule has 1 amide bonds. The van der Waals surface area contributed by atoms with Gasteiger partial charge in [0.05, 0.1) is 12.2 Å². The summed E-state index contributed by atoms with van der Waals surface area (Å²) in [7, 11) is 0. The van der Waals surface area contributed by atoms with Gasteiger partial charge in [-0.05, 0) is 71.0 Å². The maximum atomic E-state index is 12.4. The van der Waals surface area contributed by atoms with Gasteiger partial charge in [0.2, 0.25) is 0 Å². The zero-order chi connectivity index (χ0) is 20.6. The summed E-state index contributed by atoms with van der Waals surface area (Å²) < 4.78 is 6.88. The van der Waals surface area contributed by atoms with Gasteiger partial charge in [0.25, 0.3) is 0 Å². The molecule has 4 nitrogen and oxygen atoms in total. The van der Waals surface area contributed by atoms with Gasteiger partial charge >= 0.3 is 12.0 Å². The quantitative estimate of drug-likeness (QED) is 0.358. The van der Waals surface area contributed by atoms with E-state index in [0.29, 0.717) is 12.1 Å². The summed E-state index contributed by atoms with van der Waals surface area (Å²) >= 11 is 0. The number of rotatable bonds is 3. The molecular formula is C25H24NO3+. The van der Waals surface area contributed by atoms with Gasteiger partial charge in [-0.3, -0.25) is 0 Å². The molecular weight excluding hydrogens is 362 g/mol. The fourth-order valence-electron chi connectivity index (χ4n) is 3.88. The van der Waals surface area contributed by atoms with E-state index in [1.807, 2.05) is 18.2 Å². The molecule has 0 aromatic heterocycles. The van der Waals surface area contributed by atoms with Crippen molar-refractivity contribution in [2.45, 2.75) is 32.6 Å². The highest BCUT2D eigenvalue weighted by atomic mass is 16.5. The normalized spacial score (nSPS) is 14.6. The van der Waals surface area contributed by atoms with Gasteiger partial charge < -0.3 is 4.74 Å². The lowest BCUT2D eigenvalue weighted by Crippen LogP contribution is -2.26. The van der Waals surface area contributed by atoms with Crippen LogP contribution in [0.1, 0.15) is 43.1 Å². The lowest BCUT2D eigenvalue weighted by Gasteiger charge is -2.32. The first kappa shape index (κ1) is 19.1. The minimum Gasteiger partial charge on any atom is -0.493 e. The standard InChI is InChI=1S/C25H24NO3/c1-4-26(16-27)24(28)21-8-7-17-13-18(5-6-19(17)14-21)20-9-10-23-22(15-20)25(2,3)11-12-29-23/h5-10,13-15H,4,11-12H2,1-3H3/q+1. The van der Waals surface area contributed by atoms with Crippen LogP contribution in [0.25, 0.3) is 21.9 Å². The van der Waals surface area contributed by atoms with E-state index in [1.54, 1.807) is 19.1 Å². The lowest BCUT2D eigenvalue weighted by atomic mass is 9.79. The lowest BCUT2D eigenvalue weighted by molar-refractivity contribution is -0.421. The second kappa shape index (κ2) is 7.31. The van der Waals surface area contributed by atoms with Crippen LogP contribution in [0.3, 0.4) is 0 Å². The SMILES string of the molecule is CC[N+](=C=O)C(=O)c1ccc2cc(-c3ccc4c(c3)C(C)(C)CCO4)ccc2c1. The first-order valence-electron chi connectivity index (χ1n) is 9.94. The largest absolute Gasteiger partial charge is 0.493 e. The molecule has 4 rings (SSSR count). The molecule has 0 saturated carbocycles. The molecule has 3 aromatic rings. The molecule has 0 N–H and O–H groups in total. The number of isocyanates is 1. The zero-order valence-electron chi connectivity index (χ0n) is 17.0. The number of ether oxygens (including phenoxy) is 1. The third-order valence-electron chi connectivity index (χ3n) is 5.79. The Balaban J connectivity index is 1.73. The molecule has 0 saturated heterocycles. The number of amides is 1. The summed E-state index contributed by atoms with van der Waals surface area (Å²) in [6.45, 7) is 7.33. The number of benzene rings is 3. The summed E-state index contributed by atoms with van der Waals surface area (Å²) in [5, 5.41) is 2.01. The van der Waals surface area contributed by atoms with Crippen molar-refractivity contribution >= 4 is 22.8 Å². The molecule has 146 valence electrons. The maximum absolute atomic E-state index is 12.4.